The molecule has 1 N–H and O–H groups in total. The number of anilines is 1. The molecule has 4 rings (SSSR count). The quantitative estimate of drug-likeness (QED) is 0.447. The van der Waals surface area contributed by atoms with Crippen molar-refractivity contribution in [3.8, 4) is 17.2 Å². The third kappa shape index (κ3) is 4.49. The van der Waals surface area contributed by atoms with Crippen molar-refractivity contribution >= 4 is 22.7 Å². The van der Waals surface area contributed by atoms with Crippen molar-refractivity contribution < 1.29 is 13.9 Å². The summed E-state index contributed by atoms with van der Waals surface area (Å²) >= 11 is 0. The van der Waals surface area contributed by atoms with Gasteiger partial charge in [0, 0.05) is 18.1 Å². The molecule has 0 saturated heterocycles. The summed E-state index contributed by atoms with van der Waals surface area (Å²) in [6.45, 7) is 4.28. The highest BCUT2D eigenvalue weighted by atomic mass is 16.5. The first-order valence-electron chi connectivity index (χ1n) is 9.96. The lowest BCUT2D eigenvalue weighted by molar-refractivity contribution is -0.118. The Hall–Kier alpha value is -3.67. The van der Waals surface area contributed by atoms with Gasteiger partial charge >= 0.3 is 0 Å². The van der Waals surface area contributed by atoms with E-state index < -0.39 is 0 Å². The number of aromatic nitrogens is 2. The van der Waals surface area contributed by atoms with Crippen LogP contribution in [0.15, 0.2) is 71.4 Å². The first-order chi connectivity index (χ1) is 14.6. The number of rotatable bonds is 7. The maximum absolute atomic E-state index is 12.3. The zero-order chi connectivity index (χ0) is 20.9. The summed E-state index contributed by atoms with van der Waals surface area (Å²) in [6.07, 6.45) is 4.48. The highest BCUT2D eigenvalue weighted by molar-refractivity contribution is 5.94. The second-order valence-corrected chi connectivity index (χ2v) is 7.16. The fourth-order valence-corrected chi connectivity index (χ4v) is 3.09. The molecule has 0 fully saturated rings. The molecule has 0 radical (unpaired) electrons. The molecule has 1 amide bonds. The zero-order valence-corrected chi connectivity index (χ0v) is 17.0. The molecule has 152 valence electrons. The lowest BCUT2D eigenvalue weighted by Crippen LogP contribution is -2.20. The molecule has 0 spiro atoms. The minimum Gasteiger partial charge on any atom is -0.484 e. The van der Waals surface area contributed by atoms with Crippen LogP contribution in [0.5, 0.6) is 5.75 Å². The second kappa shape index (κ2) is 8.78. The first-order valence-corrected chi connectivity index (χ1v) is 9.96. The number of amides is 1. The van der Waals surface area contributed by atoms with E-state index in [1.807, 2.05) is 36.4 Å². The van der Waals surface area contributed by atoms with E-state index in [9.17, 15) is 4.79 Å². The van der Waals surface area contributed by atoms with Gasteiger partial charge in [0.05, 0.1) is 5.56 Å². The van der Waals surface area contributed by atoms with Crippen LogP contribution in [0.2, 0.25) is 0 Å². The minimum atomic E-state index is -0.240. The van der Waals surface area contributed by atoms with E-state index in [4.69, 9.17) is 9.15 Å². The van der Waals surface area contributed by atoms with Crippen molar-refractivity contribution in [3.63, 3.8) is 0 Å². The van der Waals surface area contributed by atoms with Crippen LogP contribution in [0.1, 0.15) is 31.7 Å². The average molecular weight is 401 g/mol. The Balaban J connectivity index is 1.38. The summed E-state index contributed by atoms with van der Waals surface area (Å²) in [5.41, 5.74) is 4.00. The number of benzene rings is 2. The van der Waals surface area contributed by atoms with Crippen LogP contribution in [-0.2, 0) is 4.79 Å². The van der Waals surface area contributed by atoms with E-state index in [-0.39, 0.29) is 12.5 Å². The van der Waals surface area contributed by atoms with Crippen molar-refractivity contribution in [2.75, 3.05) is 11.9 Å². The smallest absolute Gasteiger partial charge is 0.262 e. The van der Waals surface area contributed by atoms with Gasteiger partial charge in [-0.3, -0.25) is 9.78 Å². The molecule has 6 heteroatoms. The lowest BCUT2D eigenvalue weighted by Gasteiger charge is -2.11. The highest BCUT2D eigenvalue weighted by Crippen LogP contribution is 2.26. The van der Waals surface area contributed by atoms with E-state index in [1.54, 1.807) is 30.6 Å². The molecule has 6 nitrogen and oxygen atoms in total. The van der Waals surface area contributed by atoms with E-state index >= 15 is 0 Å². The van der Waals surface area contributed by atoms with Gasteiger partial charge in [-0.2, -0.15) is 0 Å². The largest absolute Gasteiger partial charge is 0.484 e. The number of carbonyl (C=O) groups excluding carboxylic acids is 1. The Morgan fingerprint density at radius 2 is 2.00 bits per heavy atom. The molecule has 0 aliphatic rings. The summed E-state index contributed by atoms with van der Waals surface area (Å²) in [5.74, 6) is 1.43. The number of oxazole rings is 1. The van der Waals surface area contributed by atoms with E-state index in [0.717, 1.165) is 12.0 Å². The van der Waals surface area contributed by atoms with Crippen LogP contribution in [0.3, 0.4) is 0 Å². The van der Waals surface area contributed by atoms with Crippen LogP contribution >= 0.6 is 0 Å². The molecule has 0 unspecified atom stereocenters. The van der Waals surface area contributed by atoms with Gasteiger partial charge in [-0.15, -0.1) is 0 Å². The number of hydrogen-bond acceptors (Lipinski definition) is 5. The molecule has 2 aromatic carbocycles. The van der Waals surface area contributed by atoms with Crippen LogP contribution in [-0.4, -0.2) is 22.5 Å². The molecular weight excluding hydrogens is 378 g/mol. The number of ether oxygens (including phenoxy) is 1. The van der Waals surface area contributed by atoms with Crippen molar-refractivity contribution in [2.45, 2.75) is 26.2 Å². The normalized spacial score (nSPS) is 11.9. The van der Waals surface area contributed by atoms with Gasteiger partial charge < -0.3 is 14.5 Å². The Bertz CT molecular complexity index is 1140. The predicted molar refractivity (Wildman–Crippen MR) is 117 cm³/mol. The van der Waals surface area contributed by atoms with Crippen molar-refractivity contribution in [1.29, 1.82) is 0 Å². The summed E-state index contributed by atoms with van der Waals surface area (Å²) in [4.78, 5) is 20.8. The van der Waals surface area contributed by atoms with Gasteiger partial charge in [-0.05, 0) is 60.4 Å². The minimum absolute atomic E-state index is 0.0690. The third-order valence-corrected chi connectivity index (χ3v) is 5.01. The fourth-order valence-electron chi connectivity index (χ4n) is 3.09. The monoisotopic (exact) mass is 401 g/mol. The summed E-state index contributed by atoms with van der Waals surface area (Å²) < 4.78 is 11.4. The molecule has 2 heterocycles. The number of carbonyl (C=O) groups is 1. The van der Waals surface area contributed by atoms with Gasteiger partial charge in [-0.1, -0.05) is 26.0 Å². The summed E-state index contributed by atoms with van der Waals surface area (Å²) in [5, 5.41) is 2.83. The van der Waals surface area contributed by atoms with E-state index in [2.05, 4.69) is 29.1 Å². The Morgan fingerprint density at radius 1 is 1.17 bits per heavy atom. The van der Waals surface area contributed by atoms with Gasteiger partial charge in [0.1, 0.15) is 11.3 Å². The summed E-state index contributed by atoms with van der Waals surface area (Å²) in [7, 11) is 0. The standard InChI is InChI=1S/C24H23N3O3/c1-3-16(2)17-6-9-20(10-7-17)29-15-23(28)26-19-8-11-22-21(13-19)27-24(30-22)18-5-4-12-25-14-18/h4-14,16H,3,15H2,1-2H3,(H,26,28)/t16-/m1/s1. The number of nitrogens with one attached hydrogen (secondary N) is 1. The Morgan fingerprint density at radius 3 is 2.73 bits per heavy atom. The number of pyridine rings is 1. The number of fused-ring (bicyclic) bond motifs is 1. The lowest BCUT2D eigenvalue weighted by atomic mass is 9.99. The number of hydrogen-bond donors (Lipinski definition) is 1. The molecule has 0 bridgehead atoms. The predicted octanol–water partition coefficient (Wildman–Crippen LogP) is 5.42. The van der Waals surface area contributed by atoms with Crippen LogP contribution in [0.4, 0.5) is 5.69 Å². The molecule has 0 saturated carbocycles. The Labute approximate surface area is 174 Å². The SMILES string of the molecule is CC[C@@H](C)c1ccc(OCC(=O)Nc2ccc3oc(-c4cccnc4)nc3c2)cc1. The molecule has 2 aromatic heterocycles. The molecule has 0 aliphatic carbocycles. The molecule has 1 atom stereocenters. The first kappa shape index (κ1) is 19.6. The van der Waals surface area contributed by atoms with Crippen molar-refractivity contribution in [1.82, 2.24) is 9.97 Å². The van der Waals surface area contributed by atoms with Crippen LogP contribution in [0, 0.1) is 0 Å². The van der Waals surface area contributed by atoms with E-state index in [0.29, 0.717) is 34.3 Å². The summed E-state index contributed by atoms with van der Waals surface area (Å²) in [6, 6.07) is 16.9. The third-order valence-electron chi connectivity index (χ3n) is 5.01. The topological polar surface area (TPSA) is 77.2 Å². The maximum atomic E-state index is 12.3. The fraction of sp³-hybridized carbons (Fsp3) is 0.208. The zero-order valence-electron chi connectivity index (χ0n) is 17.0. The molecule has 4 aromatic rings. The van der Waals surface area contributed by atoms with Gasteiger partial charge in [0.2, 0.25) is 5.89 Å². The second-order valence-electron chi connectivity index (χ2n) is 7.16. The van der Waals surface area contributed by atoms with E-state index in [1.165, 1.54) is 5.56 Å². The van der Waals surface area contributed by atoms with Gasteiger partial charge in [0.25, 0.3) is 5.91 Å². The number of nitrogens with zero attached hydrogens (tertiary/aromatic N) is 2. The Kier molecular flexibility index (Phi) is 5.75. The van der Waals surface area contributed by atoms with Crippen molar-refractivity contribution in [3.05, 3.63) is 72.6 Å². The molecular formula is C24H23N3O3. The maximum Gasteiger partial charge on any atom is 0.262 e. The molecule has 30 heavy (non-hydrogen) atoms. The molecule has 0 aliphatic heterocycles. The highest BCUT2D eigenvalue weighted by Gasteiger charge is 2.11. The van der Waals surface area contributed by atoms with Gasteiger partial charge in [-0.25, -0.2) is 4.98 Å². The van der Waals surface area contributed by atoms with Crippen LogP contribution < -0.4 is 10.1 Å². The average Bonchev–Trinajstić information content (AvgIpc) is 3.21. The van der Waals surface area contributed by atoms with Gasteiger partial charge in [0.15, 0.2) is 12.2 Å². The van der Waals surface area contributed by atoms with Crippen LogP contribution in [0.25, 0.3) is 22.6 Å². The van der Waals surface area contributed by atoms with Crippen molar-refractivity contribution in [2.24, 2.45) is 0 Å².